The highest BCUT2D eigenvalue weighted by molar-refractivity contribution is 8.00. The Hall–Kier alpha value is -0.620. The molecule has 0 spiro atoms. The van der Waals surface area contributed by atoms with Crippen LogP contribution in [0, 0.1) is 0 Å². The Balaban J connectivity index is 2.16. The second kappa shape index (κ2) is 5.57. The Morgan fingerprint density at radius 2 is 2.22 bits per heavy atom. The summed E-state index contributed by atoms with van der Waals surface area (Å²) in [4.78, 5) is 2.36. The normalized spacial score (nSPS) is 19.6. The van der Waals surface area contributed by atoms with Gasteiger partial charge in [-0.25, -0.2) is 0 Å². The van der Waals surface area contributed by atoms with Crippen molar-refractivity contribution in [1.29, 1.82) is 0 Å². The van der Waals surface area contributed by atoms with E-state index in [2.05, 4.69) is 23.1 Å². The highest BCUT2D eigenvalue weighted by atomic mass is 32.2. The van der Waals surface area contributed by atoms with Gasteiger partial charge in [0, 0.05) is 23.6 Å². The van der Waals surface area contributed by atoms with Crippen LogP contribution in [-0.4, -0.2) is 34.6 Å². The van der Waals surface area contributed by atoms with Gasteiger partial charge in [-0.1, -0.05) is 13.8 Å². The van der Waals surface area contributed by atoms with Crippen LogP contribution in [0.2, 0.25) is 0 Å². The molecule has 1 saturated heterocycles. The Morgan fingerprint density at radius 3 is 2.94 bits per heavy atom. The fraction of sp³-hybridized carbons (Fsp3) is 0.750. The summed E-state index contributed by atoms with van der Waals surface area (Å²) >= 11 is 3.48. The molecule has 2 rings (SSSR count). The van der Waals surface area contributed by atoms with E-state index in [-0.39, 0.29) is 0 Å². The van der Waals surface area contributed by atoms with Crippen molar-refractivity contribution in [2.75, 3.05) is 36.1 Å². The molecule has 0 bridgehead atoms. The number of thioether (sulfide) groups is 1. The van der Waals surface area contributed by atoms with Crippen LogP contribution in [0.15, 0.2) is 0 Å². The lowest BCUT2D eigenvalue weighted by atomic mass is 10.1. The van der Waals surface area contributed by atoms with Gasteiger partial charge in [0.25, 0.3) is 0 Å². The molecule has 0 saturated carbocycles. The summed E-state index contributed by atoms with van der Waals surface area (Å²) in [5.74, 6) is 2.43. The summed E-state index contributed by atoms with van der Waals surface area (Å²) in [6, 6.07) is 0. The monoisotopic (exact) mass is 287 g/mol. The van der Waals surface area contributed by atoms with Crippen molar-refractivity contribution in [3.8, 4) is 5.75 Å². The molecular weight excluding hydrogens is 266 g/mol. The zero-order chi connectivity index (χ0) is 13.2. The topological polar surface area (TPSA) is 51.4 Å². The first-order valence-electron chi connectivity index (χ1n) is 6.30. The van der Waals surface area contributed by atoms with E-state index in [1.54, 1.807) is 0 Å². The largest absolute Gasteiger partial charge is 0.487 e. The predicted octanol–water partition coefficient (Wildman–Crippen LogP) is 2.85. The number of anilines is 2. The quantitative estimate of drug-likeness (QED) is 0.926. The molecular formula is C12H21N3OS2. The number of rotatable bonds is 3. The van der Waals surface area contributed by atoms with E-state index in [4.69, 9.17) is 10.5 Å². The lowest BCUT2D eigenvalue weighted by Crippen LogP contribution is -2.26. The number of nitrogen functional groups attached to an aromatic ring is 1. The highest BCUT2D eigenvalue weighted by Gasteiger charge is 2.26. The van der Waals surface area contributed by atoms with Crippen molar-refractivity contribution in [3.63, 3.8) is 0 Å². The van der Waals surface area contributed by atoms with Crippen LogP contribution < -0.4 is 15.4 Å². The molecule has 4 nitrogen and oxygen atoms in total. The Bertz CT molecular complexity index is 406. The number of nitrogens with two attached hydrogens (primary N) is 1. The zero-order valence-corrected chi connectivity index (χ0v) is 12.9. The second-order valence-electron chi connectivity index (χ2n) is 4.98. The van der Waals surface area contributed by atoms with E-state index in [0.717, 1.165) is 29.6 Å². The molecule has 1 aromatic rings. The fourth-order valence-electron chi connectivity index (χ4n) is 1.99. The van der Waals surface area contributed by atoms with Crippen molar-refractivity contribution in [3.05, 3.63) is 0 Å². The highest BCUT2D eigenvalue weighted by Crippen LogP contribution is 2.40. The minimum absolute atomic E-state index is 0.358. The maximum absolute atomic E-state index is 5.87. The van der Waals surface area contributed by atoms with Crippen molar-refractivity contribution >= 4 is 34.1 Å². The van der Waals surface area contributed by atoms with E-state index in [1.807, 2.05) is 18.7 Å². The Labute approximate surface area is 117 Å². The minimum atomic E-state index is 0.358. The van der Waals surface area contributed by atoms with Crippen LogP contribution in [0.1, 0.15) is 27.2 Å². The molecule has 0 amide bonds. The van der Waals surface area contributed by atoms with Crippen LogP contribution in [0.25, 0.3) is 0 Å². The molecule has 0 atom stereocenters. The van der Waals surface area contributed by atoms with E-state index in [1.165, 1.54) is 18.0 Å². The smallest absolute Gasteiger partial charge is 0.197 e. The van der Waals surface area contributed by atoms with Gasteiger partial charge in [0.15, 0.2) is 16.6 Å². The standard InChI is InChI=1S/C12H21N3OS2/c1-4-16-9-10(13)14-18-11(9)15-6-5-12(2,3)17-8-7-15/h4-8H2,1-3H3,(H2,13,14). The maximum atomic E-state index is 5.87. The molecule has 0 aliphatic carbocycles. The maximum Gasteiger partial charge on any atom is 0.197 e. The predicted molar refractivity (Wildman–Crippen MR) is 81.1 cm³/mol. The van der Waals surface area contributed by atoms with Gasteiger partial charge >= 0.3 is 0 Å². The van der Waals surface area contributed by atoms with Crippen LogP contribution in [0.4, 0.5) is 10.8 Å². The van der Waals surface area contributed by atoms with Gasteiger partial charge in [-0.2, -0.15) is 16.1 Å². The molecule has 2 N–H and O–H groups in total. The van der Waals surface area contributed by atoms with Gasteiger partial charge in [0.2, 0.25) is 0 Å². The Morgan fingerprint density at radius 1 is 1.44 bits per heavy atom. The molecule has 1 aromatic heterocycles. The van der Waals surface area contributed by atoms with Crippen LogP contribution in [-0.2, 0) is 0 Å². The molecule has 0 aromatic carbocycles. The minimum Gasteiger partial charge on any atom is -0.487 e. The second-order valence-corrected chi connectivity index (χ2v) is 7.53. The first-order valence-corrected chi connectivity index (χ1v) is 8.06. The summed E-state index contributed by atoms with van der Waals surface area (Å²) < 4.78 is 10.2. The van der Waals surface area contributed by atoms with Crippen LogP contribution in [0.5, 0.6) is 5.75 Å². The Kier molecular flexibility index (Phi) is 4.27. The fourth-order valence-corrected chi connectivity index (χ4v) is 3.90. The molecule has 2 heterocycles. The van der Waals surface area contributed by atoms with Gasteiger partial charge in [0.1, 0.15) is 0 Å². The molecule has 1 aliphatic rings. The van der Waals surface area contributed by atoms with Gasteiger partial charge in [-0.3, -0.25) is 0 Å². The van der Waals surface area contributed by atoms with Gasteiger partial charge in [-0.05, 0) is 24.9 Å². The number of hydrogen-bond acceptors (Lipinski definition) is 6. The molecule has 1 fully saturated rings. The number of aromatic nitrogens is 1. The third kappa shape index (κ3) is 3.03. The van der Waals surface area contributed by atoms with Crippen molar-refractivity contribution in [2.24, 2.45) is 0 Å². The van der Waals surface area contributed by atoms with Crippen molar-refractivity contribution in [1.82, 2.24) is 4.37 Å². The third-order valence-corrected chi connectivity index (χ3v) is 5.35. The molecule has 102 valence electrons. The molecule has 18 heavy (non-hydrogen) atoms. The third-order valence-electron chi connectivity index (χ3n) is 3.07. The van der Waals surface area contributed by atoms with E-state index in [0.29, 0.717) is 17.2 Å². The molecule has 6 heteroatoms. The summed E-state index contributed by atoms with van der Waals surface area (Å²) in [5.41, 5.74) is 5.87. The zero-order valence-electron chi connectivity index (χ0n) is 11.2. The number of nitrogens with zero attached hydrogens (tertiary/aromatic N) is 2. The lowest BCUT2D eigenvalue weighted by molar-refractivity contribution is 0.343. The SMILES string of the molecule is CCOc1c(N)nsc1N1CCSC(C)(C)CC1. The van der Waals surface area contributed by atoms with Gasteiger partial charge < -0.3 is 15.4 Å². The summed E-state index contributed by atoms with van der Waals surface area (Å²) in [7, 11) is 0. The van der Waals surface area contributed by atoms with Crippen molar-refractivity contribution in [2.45, 2.75) is 31.9 Å². The molecule has 1 aliphatic heterocycles. The van der Waals surface area contributed by atoms with E-state index in [9.17, 15) is 0 Å². The number of ether oxygens (including phenoxy) is 1. The van der Waals surface area contributed by atoms with Gasteiger partial charge in [-0.15, -0.1) is 0 Å². The summed E-state index contributed by atoms with van der Waals surface area (Å²) in [6.45, 7) is 9.31. The first kappa shape index (κ1) is 13.8. The number of hydrogen-bond donors (Lipinski definition) is 1. The summed E-state index contributed by atoms with van der Waals surface area (Å²) in [5, 5.41) is 1.09. The lowest BCUT2D eigenvalue weighted by Gasteiger charge is -2.23. The molecule has 0 unspecified atom stereocenters. The average molecular weight is 287 g/mol. The van der Waals surface area contributed by atoms with E-state index < -0.39 is 0 Å². The average Bonchev–Trinajstić information content (AvgIpc) is 2.56. The van der Waals surface area contributed by atoms with Crippen molar-refractivity contribution < 1.29 is 4.74 Å². The first-order chi connectivity index (χ1) is 8.53. The van der Waals surface area contributed by atoms with E-state index >= 15 is 0 Å². The van der Waals surface area contributed by atoms with Gasteiger partial charge in [0.05, 0.1) is 6.61 Å². The van der Waals surface area contributed by atoms with Crippen LogP contribution >= 0.6 is 23.3 Å². The molecule has 0 radical (unpaired) electrons. The summed E-state index contributed by atoms with van der Waals surface area (Å²) in [6.07, 6.45) is 1.17. The van der Waals surface area contributed by atoms with Crippen LogP contribution in [0.3, 0.4) is 0 Å².